The highest BCUT2D eigenvalue weighted by Gasteiger charge is 2.25. The first-order chi connectivity index (χ1) is 9.86. The fourth-order valence-corrected chi connectivity index (χ4v) is 3.60. The topological polar surface area (TPSA) is 57.6 Å². The van der Waals surface area contributed by atoms with Crippen molar-refractivity contribution in [2.24, 2.45) is 0 Å². The number of rotatable bonds is 4. The lowest BCUT2D eigenvalue weighted by Crippen LogP contribution is -2.31. The van der Waals surface area contributed by atoms with E-state index in [0.717, 1.165) is 17.7 Å². The molecule has 21 heavy (non-hydrogen) atoms. The number of anilines is 1. The van der Waals surface area contributed by atoms with Crippen LogP contribution in [0.3, 0.4) is 0 Å². The lowest BCUT2D eigenvalue weighted by Gasteiger charge is -2.24. The second-order valence-corrected chi connectivity index (χ2v) is 6.46. The zero-order valence-corrected chi connectivity index (χ0v) is 12.6. The molecule has 0 heterocycles. The molecule has 0 amide bonds. The minimum absolute atomic E-state index is 0.00786. The Hall–Kier alpha value is -2.08. The van der Waals surface area contributed by atoms with Crippen LogP contribution in [0, 0.1) is 12.7 Å². The van der Waals surface area contributed by atoms with Crippen LogP contribution in [0.15, 0.2) is 47.4 Å². The van der Waals surface area contributed by atoms with Crippen LogP contribution >= 0.6 is 0 Å². The summed E-state index contributed by atoms with van der Waals surface area (Å²) in [4.78, 5) is 0.00786. The molecule has 4 nitrogen and oxygen atoms in total. The van der Waals surface area contributed by atoms with Gasteiger partial charge in [0, 0.05) is 12.6 Å². The Morgan fingerprint density at radius 2 is 1.76 bits per heavy atom. The Balaban J connectivity index is 2.54. The van der Waals surface area contributed by atoms with E-state index in [0.29, 0.717) is 5.69 Å². The molecule has 0 atom stereocenters. The van der Waals surface area contributed by atoms with Gasteiger partial charge in [0.25, 0.3) is 10.0 Å². The van der Waals surface area contributed by atoms with Crippen LogP contribution in [0.5, 0.6) is 5.75 Å². The van der Waals surface area contributed by atoms with Crippen molar-refractivity contribution in [3.05, 3.63) is 53.8 Å². The van der Waals surface area contributed by atoms with E-state index in [-0.39, 0.29) is 17.2 Å². The van der Waals surface area contributed by atoms with Crippen molar-refractivity contribution in [1.82, 2.24) is 0 Å². The summed E-state index contributed by atoms with van der Waals surface area (Å²) in [6.07, 6.45) is 0. The Kier molecular flexibility index (Phi) is 4.18. The minimum Gasteiger partial charge on any atom is -0.508 e. The van der Waals surface area contributed by atoms with E-state index in [1.165, 1.54) is 28.6 Å². The van der Waals surface area contributed by atoms with Gasteiger partial charge in [0.2, 0.25) is 0 Å². The number of halogens is 1. The van der Waals surface area contributed by atoms with Gasteiger partial charge in [-0.25, -0.2) is 12.8 Å². The number of sulfonamides is 1. The van der Waals surface area contributed by atoms with Gasteiger partial charge in [-0.1, -0.05) is 6.07 Å². The first kappa shape index (κ1) is 15.3. The van der Waals surface area contributed by atoms with Crippen molar-refractivity contribution in [3.63, 3.8) is 0 Å². The standard InChI is InChI=1S/C15H16FNO3S/c1-3-17(15-10-13(18)7-4-11(15)2)21(19,20)14-8-5-12(16)6-9-14/h4-10,18H,3H2,1-2H3. The van der Waals surface area contributed by atoms with Crippen molar-refractivity contribution >= 4 is 15.7 Å². The van der Waals surface area contributed by atoms with E-state index in [1.807, 2.05) is 0 Å². The van der Waals surface area contributed by atoms with E-state index in [4.69, 9.17) is 0 Å². The second-order valence-electron chi connectivity index (χ2n) is 4.59. The van der Waals surface area contributed by atoms with Gasteiger partial charge in [-0.05, 0) is 49.7 Å². The van der Waals surface area contributed by atoms with Crippen LogP contribution in [-0.4, -0.2) is 20.1 Å². The molecule has 112 valence electrons. The first-order valence-electron chi connectivity index (χ1n) is 6.44. The van der Waals surface area contributed by atoms with Crippen LogP contribution in [0.2, 0.25) is 0 Å². The molecule has 0 saturated heterocycles. The number of hydrogen-bond donors (Lipinski definition) is 1. The smallest absolute Gasteiger partial charge is 0.264 e. The van der Waals surface area contributed by atoms with Gasteiger partial charge in [-0.15, -0.1) is 0 Å². The molecular weight excluding hydrogens is 293 g/mol. The molecule has 2 aromatic carbocycles. The van der Waals surface area contributed by atoms with E-state index in [9.17, 15) is 17.9 Å². The maximum Gasteiger partial charge on any atom is 0.264 e. The maximum atomic E-state index is 13.0. The molecule has 0 aliphatic rings. The third-order valence-corrected chi connectivity index (χ3v) is 5.05. The molecule has 0 spiro atoms. The Morgan fingerprint density at radius 3 is 2.33 bits per heavy atom. The quantitative estimate of drug-likeness (QED) is 0.944. The minimum atomic E-state index is -3.80. The third kappa shape index (κ3) is 3.00. The van der Waals surface area contributed by atoms with E-state index >= 15 is 0 Å². The van der Waals surface area contributed by atoms with Crippen LogP contribution < -0.4 is 4.31 Å². The summed E-state index contributed by atoms with van der Waals surface area (Å²) >= 11 is 0. The molecule has 2 aromatic rings. The van der Waals surface area contributed by atoms with Gasteiger partial charge in [0.1, 0.15) is 11.6 Å². The van der Waals surface area contributed by atoms with Gasteiger partial charge >= 0.3 is 0 Å². The van der Waals surface area contributed by atoms with Crippen molar-refractivity contribution in [2.75, 3.05) is 10.8 Å². The molecule has 0 bridgehead atoms. The highest BCUT2D eigenvalue weighted by Crippen LogP contribution is 2.29. The van der Waals surface area contributed by atoms with Crippen molar-refractivity contribution in [2.45, 2.75) is 18.7 Å². The number of hydrogen-bond acceptors (Lipinski definition) is 3. The van der Waals surface area contributed by atoms with Crippen LogP contribution in [0.1, 0.15) is 12.5 Å². The average Bonchev–Trinajstić information content (AvgIpc) is 2.43. The van der Waals surface area contributed by atoms with Crippen LogP contribution in [0.25, 0.3) is 0 Å². The third-order valence-electron chi connectivity index (χ3n) is 3.15. The summed E-state index contributed by atoms with van der Waals surface area (Å²) in [6, 6.07) is 9.22. The van der Waals surface area contributed by atoms with Crippen LogP contribution in [0.4, 0.5) is 10.1 Å². The predicted octanol–water partition coefficient (Wildman–Crippen LogP) is 3.05. The fourth-order valence-electron chi connectivity index (χ4n) is 2.07. The lowest BCUT2D eigenvalue weighted by molar-refractivity contribution is 0.475. The molecule has 0 unspecified atom stereocenters. The van der Waals surface area contributed by atoms with E-state index < -0.39 is 15.8 Å². The fraction of sp³-hybridized carbons (Fsp3) is 0.200. The first-order valence-corrected chi connectivity index (χ1v) is 7.88. The van der Waals surface area contributed by atoms with Crippen LogP contribution in [-0.2, 0) is 10.0 Å². The molecule has 0 aliphatic heterocycles. The molecule has 6 heteroatoms. The average molecular weight is 309 g/mol. The normalized spacial score (nSPS) is 11.4. The van der Waals surface area contributed by atoms with Crippen molar-refractivity contribution < 1.29 is 17.9 Å². The van der Waals surface area contributed by atoms with Gasteiger partial charge in [0.05, 0.1) is 10.6 Å². The number of nitrogens with zero attached hydrogens (tertiary/aromatic N) is 1. The Bertz CT molecular complexity index is 742. The molecule has 0 fully saturated rings. The number of benzene rings is 2. The molecule has 0 aliphatic carbocycles. The van der Waals surface area contributed by atoms with Gasteiger partial charge in [-0.2, -0.15) is 0 Å². The van der Waals surface area contributed by atoms with Gasteiger partial charge < -0.3 is 5.11 Å². The molecule has 0 aromatic heterocycles. The summed E-state index contributed by atoms with van der Waals surface area (Å²) in [5.41, 5.74) is 1.13. The van der Waals surface area contributed by atoms with Crippen molar-refractivity contribution in [1.29, 1.82) is 0 Å². The van der Waals surface area contributed by atoms with E-state index in [2.05, 4.69) is 0 Å². The maximum absolute atomic E-state index is 13.0. The second kappa shape index (κ2) is 5.73. The molecule has 0 radical (unpaired) electrons. The SMILES string of the molecule is CCN(c1cc(O)ccc1C)S(=O)(=O)c1ccc(F)cc1. The number of phenols is 1. The number of aromatic hydroxyl groups is 1. The lowest BCUT2D eigenvalue weighted by atomic mass is 10.2. The Labute approximate surface area is 123 Å². The van der Waals surface area contributed by atoms with Gasteiger partial charge in [-0.3, -0.25) is 4.31 Å². The number of phenolic OH excluding ortho intramolecular Hbond substituents is 1. The summed E-state index contributed by atoms with van der Waals surface area (Å²) in [5.74, 6) is -0.506. The predicted molar refractivity (Wildman–Crippen MR) is 79.4 cm³/mol. The molecule has 2 rings (SSSR count). The molecule has 1 N–H and O–H groups in total. The summed E-state index contributed by atoms with van der Waals surface area (Å²) < 4.78 is 39.5. The molecular formula is C15H16FNO3S. The zero-order valence-electron chi connectivity index (χ0n) is 11.7. The number of aryl methyl sites for hydroxylation is 1. The van der Waals surface area contributed by atoms with E-state index in [1.54, 1.807) is 19.9 Å². The zero-order chi connectivity index (χ0) is 15.6. The monoisotopic (exact) mass is 309 g/mol. The highest BCUT2D eigenvalue weighted by molar-refractivity contribution is 7.92. The Morgan fingerprint density at radius 1 is 1.14 bits per heavy atom. The van der Waals surface area contributed by atoms with Crippen molar-refractivity contribution in [3.8, 4) is 5.75 Å². The van der Waals surface area contributed by atoms with Gasteiger partial charge in [0.15, 0.2) is 0 Å². The highest BCUT2D eigenvalue weighted by atomic mass is 32.2. The summed E-state index contributed by atoms with van der Waals surface area (Å²) in [7, 11) is -3.80. The largest absolute Gasteiger partial charge is 0.508 e. The summed E-state index contributed by atoms with van der Waals surface area (Å²) in [6.45, 7) is 3.66. The molecule has 0 saturated carbocycles. The summed E-state index contributed by atoms with van der Waals surface area (Å²) in [5, 5.41) is 9.58.